The smallest absolute Gasteiger partial charge is 0.278 e. The Labute approximate surface area is 204 Å². The quantitative estimate of drug-likeness (QED) is 0.355. The van der Waals surface area contributed by atoms with E-state index in [-0.39, 0.29) is 12.2 Å². The molecule has 35 heavy (non-hydrogen) atoms. The maximum Gasteiger partial charge on any atom is 0.278 e. The highest BCUT2D eigenvalue weighted by molar-refractivity contribution is 5.77. The van der Waals surface area contributed by atoms with E-state index in [9.17, 15) is 4.79 Å². The number of rotatable bonds is 9. The highest BCUT2D eigenvalue weighted by atomic mass is 16.2. The summed E-state index contributed by atoms with van der Waals surface area (Å²) in [6.45, 7) is 6.54. The first-order chi connectivity index (χ1) is 17.1. The number of fused-ring (bicyclic) bond motifs is 2. The monoisotopic (exact) mass is 470 g/mol. The number of benzene rings is 1. The molecule has 0 amide bonds. The van der Waals surface area contributed by atoms with Gasteiger partial charge in [0.05, 0.1) is 6.54 Å². The van der Waals surface area contributed by atoms with Crippen LogP contribution in [0, 0.1) is 0 Å². The van der Waals surface area contributed by atoms with Gasteiger partial charge in [-0.3, -0.25) is 4.79 Å². The van der Waals surface area contributed by atoms with Gasteiger partial charge in [-0.15, -0.1) is 6.58 Å². The molecule has 5 rings (SSSR count). The average molecular weight is 471 g/mol. The second kappa shape index (κ2) is 9.84. The van der Waals surface area contributed by atoms with Crippen molar-refractivity contribution in [3.63, 3.8) is 0 Å². The summed E-state index contributed by atoms with van der Waals surface area (Å²) in [5, 5.41) is 12.7. The Bertz CT molecular complexity index is 1420. The Hall–Kier alpha value is -3.78. The zero-order valence-electron chi connectivity index (χ0n) is 19.9. The fourth-order valence-corrected chi connectivity index (χ4v) is 4.82. The van der Waals surface area contributed by atoms with Crippen molar-refractivity contribution in [3.8, 4) is 5.82 Å². The van der Waals surface area contributed by atoms with E-state index >= 15 is 0 Å². The minimum Gasteiger partial charge on any atom is -0.396 e. The lowest BCUT2D eigenvalue weighted by molar-refractivity contribution is 0.288. The lowest BCUT2D eigenvalue weighted by Crippen LogP contribution is -2.22. The van der Waals surface area contributed by atoms with Gasteiger partial charge in [-0.25, -0.2) is 19.3 Å². The van der Waals surface area contributed by atoms with E-state index < -0.39 is 0 Å². The van der Waals surface area contributed by atoms with Crippen LogP contribution in [0.15, 0.2) is 60.0 Å². The van der Waals surface area contributed by atoms with Crippen LogP contribution >= 0.6 is 0 Å². The first-order valence-electron chi connectivity index (χ1n) is 12.2. The molecular formula is C27H30N6O2. The minimum absolute atomic E-state index is 0.172. The SMILES string of the molecule is C=CCn1c(=O)c2cnc(Nc3ccc(CCCO)cc3)nc2n1-c1ccc2c(n1)C(CC)CC2. The zero-order valence-corrected chi connectivity index (χ0v) is 19.9. The van der Waals surface area contributed by atoms with Crippen LogP contribution in [0.3, 0.4) is 0 Å². The van der Waals surface area contributed by atoms with Crippen LogP contribution in [-0.4, -0.2) is 36.0 Å². The van der Waals surface area contributed by atoms with Gasteiger partial charge in [-0.2, -0.15) is 4.98 Å². The number of anilines is 2. The maximum absolute atomic E-state index is 13.2. The molecule has 3 heterocycles. The Morgan fingerprint density at radius 1 is 1.20 bits per heavy atom. The third-order valence-corrected chi connectivity index (χ3v) is 6.67. The van der Waals surface area contributed by atoms with Gasteiger partial charge in [0.2, 0.25) is 5.95 Å². The summed E-state index contributed by atoms with van der Waals surface area (Å²) < 4.78 is 3.40. The number of hydrogen-bond donors (Lipinski definition) is 2. The molecule has 3 aromatic heterocycles. The normalized spacial score (nSPS) is 14.9. The maximum atomic E-state index is 13.2. The summed E-state index contributed by atoms with van der Waals surface area (Å²) >= 11 is 0. The Morgan fingerprint density at radius 3 is 2.77 bits per heavy atom. The second-order valence-electron chi connectivity index (χ2n) is 8.93. The van der Waals surface area contributed by atoms with Crippen molar-refractivity contribution < 1.29 is 5.11 Å². The highest BCUT2D eigenvalue weighted by Gasteiger charge is 2.25. The standard InChI is InChI=1S/C27H30N6O2/c1-3-15-32-26(35)22-17-28-27(29-21-12-7-18(8-13-21)6-5-16-34)31-25(22)33(32)23-14-11-20-10-9-19(4-2)24(20)30-23/h3,7-8,11-14,17,19,34H,1,4-6,9-10,15-16H2,2H3,(H,28,29,31). The predicted molar refractivity (Wildman–Crippen MR) is 138 cm³/mol. The molecule has 1 atom stereocenters. The molecule has 0 aliphatic heterocycles. The number of pyridine rings is 1. The fraction of sp³-hybridized carbons (Fsp3) is 0.333. The Morgan fingerprint density at radius 2 is 2.03 bits per heavy atom. The molecule has 0 saturated heterocycles. The molecule has 1 unspecified atom stereocenters. The average Bonchev–Trinajstić information content (AvgIpc) is 3.41. The van der Waals surface area contributed by atoms with E-state index in [1.807, 2.05) is 30.3 Å². The van der Waals surface area contributed by atoms with Crippen LogP contribution in [0.25, 0.3) is 16.9 Å². The van der Waals surface area contributed by atoms with Gasteiger partial charge in [0.25, 0.3) is 5.56 Å². The second-order valence-corrected chi connectivity index (χ2v) is 8.93. The third-order valence-electron chi connectivity index (χ3n) is 6.67. The molecule has 1 aliphatic carbocycles. The van der Waals surface area contributed by atoms with Crippen LogP contribution in [0.2, 0.25) is 0 Å². The number of aliphatic hydroxyl groups excluding tert-OH is 1. The molecule has 8 nitrogen and oxygen atoms in total. The van der Waals surface area contributed by atoms with Gasteiger partial charge in [0, 0.05) is 30.1 Å². The van der Waals surface area contributed by atoms with E-state index in [4.69, 9.17) is 15.1 Å². The lowest BCUT2D eigenvalue weighted by atomic mass is 10.0. The first kappa shape index (κ1) is 23.0. The number of hydrogen-bond acceptors (Lipinski definition) is 6. The first-order valence-corrected chi connectivity index (χ1v) is 12.2. The number of aromatic nitrogens is 5. The lowest BCUT2D eigenvalue weighted by Gasteiger charge is -2.13. The fourth-order valence-electron chi connectivity index (χ4n) is 4.82. The van der Waals surface area contributed by atoms with Crippen LogP contribution in [0.4, 0.5) is 11.6 Å². The van der Waals surface area contributed by atoms with Crippen molar-refractivity contribution in [2.75, 3.05) is 11.9 Å². The van der Waals surface area contributed by atoms with E-state index in [0.717, 1.165) is 49.0 Å². The van der Waals surface area contributed by atoms with Gasteiger partial charge in [0.15, 0.2) is 11.5 Å². The van der Waals surface area contributed by atoms with Gasteiger partial charge < -0.3 is 10.4 Å². The number of nitrogens with one attached hydrogen (secondary N) is 1. The molecule has 1 aromatic carbocycles. The molecule has 1 aliphatic rings. The molecule has 180 valence electrons. The summed E-state index contributed by atoms with van der Waals surface area (Å²) in [6, 6.07) is 12.1. The number of allylic oxidation sites excluding steroid dienone is 1. The zero-order chi connectivity index (χ0) is 24.4. The van der Waals surface area contributed by atoms with Crippen molar-refractivity contribution in [2.45, 2.75) is 51.5 Å². The number of nitrogens with zero attached hydrogens (tertiary/aromatic N) is 5. The van der Waals surface area contributed by atoms with E-state index in [1.54, 1.807) is 21.6 Å². The molecule has 0 spiro atoms. The molecule has 8 heteroatoms. The highest BCUT2D eigenvalue weighted by Crippen LogP contribution is 2.34. The summed E-state index contributed by atoms with van der Waals surface area (Å²) in [5.74, 6) is 1.52. The molecule has 0 bridgehead atoms. The van der Waals surface area contributed by atoms with Gasteiger partial charge in [-0.05, 0) is 61.4 Å². The van der Waals surface area contributed by atoms with E-state index in [2.05, 4.69) is 29.9 Å². The van der Waals surface area contributed by atoms with Gasteiger partial charge >= 0.3 is 0 Å². The van der Waals surface area contributed by atoms with Gasteiger partial charge in [-0.1, -0.05) is 31.2 Å². The molecule has 0 fully saturated rings. The van der Waals surface area contributed by atoms with Crippen LogP contribution < -0.4 is 10.9 Å². The predicted octanol–water partition coefficient (Wildman–Crippen LogP) is 4.27. The molecular weight excluding hydrogens is 440 g/mol. The van der Waals surface area contributed by atoms with Crippen molar-refractivity contribution in [1.29, 1.82) is 0 Å². The van der Waals surface area contributed by atoms with Crippen LogP contribution in [-0.2, 0) is 19.4 Å². The van der Waals surface area contributed by atoms with Gasteiger partial charge in [0.1, 0.15) is 5.39 Å². The summed E-state index contributed by atoms with van der Waals surface area (Å²) in [6.07, 6.45) is 8.04. The van der Waals surface area contributed by atoms with Crippen LogP contribution in [0.5, 0.6) is 0 Å². The van der Waals surface area contributed by atoms with E-state index in [1.165, 1.54) is 5.56 Å². The molecule has 4 aromatic rings. The molecule has 0 radical (unpaired) electrons. The molecule has 0 saturated carbocycles. The number of aliphatic hydroxyl groups is 1. The van der Waals surface area contributed by atoms with Crippen molar-refractivity contribution in [1.82, 2.24) is 24.3 Å². The summed E-state index contributed by atoms with van der Waals surface area (Å²) in [7, 11) is 0. The molecule has 2 N–H and O–H groups in total. The summed E-state index contributed by atoms with van der Waals surface area (Å²) in [4.78, 5) is 27.3. The topological polar surface area (TPSA) is 97.9 Å². The summed E-state index contributed by atoms with van der Waals surface area (Å²) in [5.41, 5.74) is 4.75. The van der Waals surface area contributed by atoms with E-state index in [0.29, 0.717) is 35.3 Å². The minimum atomic E-state index is -0.172. The van der Waals surface area contributed by atoms with Crippen LogP contribution in [0.1, 0.15) is 48.9 Å². The van der Waals surface area contributed by atoms with Crippen molar-refractivity contribution in [3.05, 3.63) is 82.4 Å². The van der Waals surface area contributed by atoms with Crippen molar-refractivity contribution >= 4 is 22.7 Å². The Balaban J connectivity index is 1.56. The number of aryl methyl sites for hydroxylation is 2. The third kappa shape index (κ3) is 4.37. The largest absolute Gasteiger partial charge is 0.396 e. The Kier molecular flexibility index (Phi) is 6.46. The van der Waals surface area contributed by atoms with Crippen molar-refractivity contribution in [2.24, 2.45) is 0 Å².